The number of hydrogen-bond donors (Lipinski definition) is 3. The molecule has 0 aliphatic heterocycles. The van der Waals surface area contributed by atoms with Crippen molar-refractivity contribution in [2.24, 2.45) is 5.41 Å². The first kappa shape index (κ1) is 18.5. The summed E-state index contributed by atoms with van der Waals surface area (Å²) in [5.41, 5.74) is 1.61. The normalized spacial score (nSPS) is 12.8. The van der Waals surface area contributed by atoms with Crippen molar-refractivity contribution in [1.82, 2.24) is 5.32 Å². The van der Waals surface area contributed by atoms with Gasteiger partial charge in [0.05, 0.1) is 12.7 Å². The zero-order chi connectivity index (χ0) is 16.6. The Morgan fingerprint density at radius 2 is 2.14 bits per heavy atom. The fourth-order valence-corrected chi connectivity index (χ4v) is 2.33. The fourth-order valence-electron chi connectivity index (χ4n) is 2.33. The van der Waals surface area contributed by atoms with Crippen LogP contribution in [0.5, 0.6) is 0 Å². The number of ether oxygens (including phenoxy) is 1. The second-order valence-electron chi connectivity index (χ2n) is 6.36. The maximum Gasteiger partial charge on any atom is 0.319 e. The molecule has 2 amide bonds. The van der Waals surface area contributed by atoms with Crippen LogP contribution in [0, 0.1) is 5.41 Å². The number of carbonyl (C=O) groups excluding carboxylic acids is 1. The van der Waals surface area contributed by atoms with E-state index in [2.05, 4.69) is 10.6 Å². The van der Waals surface area contributed by atoms with Crippen molar-refractivity contribution in [2.45, 2.75) is 46.8 Å². The van der Waals surface area contributed by atoms with E-state index in [1.54, 1.807) is 6.92 Å². The van der Waals surface area contributed by atoms with E-state index in [9.17, 15) is 9.90 Å². The van der Waals surface area contributed by atoms with E-state index in [0.29, 0.717) is 26.2 Å². The molecule has 0 aliphatic carbocycles. The van der Waals surface area contributed by atoms with Gasteiger partial charge in [-0.25, -0.2) is 4.79 Å². The van der Waals surface area contributed by atoms with Gasteiger partial charge in [-0.3, -0.25) is 0 Å². The van der Waals surface area contributed by atoms with Crippen LogP contribution in [0.15, 0.2) is 24.3 Å². The van der Waals surface area contributed by atoms with Gasteiger partial charge in [0.2, 0.25) is 0 Å². The summed E-state index contributed by atoms with van der Waals surface area (Å²) in [6.07, 6.45) is 0.257. The van der Waals surface area contributed by atoms with Crippen LogP contribution in [0.3, 0.4) is 0 Å². The molecule has 0 saturated heterocycles. The fraction of sp³-hybridized carbons (Fsp3) is 0.588. The molecule has 0 saturated carbocycles. The van der Waals surface area contributed by atoms with Gasteiger partial charge in [-0.15, -0.1) is 0 Å². The molecular formula is C17H28N2O3. The second-order valence-corrected chi connectivity index (χ2v) is 6.36. The summed E-state index contributed by atoms with van der Waals surface area (Å²) < 4.78 is 5.36. The number of anilines is 1. The average molecular weight is 308 g/mol. The number of rotatable bonds is 8. The monoisotopic (exact) mass is 308 g/mol. The SMILES string of the molecule is CCOCc1cccc(NC(=O)NCC(C)(C)CC(C)O)c1. The largest absolute Gasteiger partial charge is 0.393 e. The Balaban J connectivity index is 2.48. The van der Waals surface area contributed by atoms with Crippen molar-refractivity contribution in [2.75, 3.05) is 18.5 Å². The van der Waals surface area contributed by atoms with Crippen LogP contribution in [-0.2, 0) is 11.3 Å². The molecule has 5 nitrogen and oxygen atoms in total. The molecule has 0 heterocycles. The summed E-state index contributed by atoms with van der Waals surface area (Å²) in [6, 6.07) is 7.35. The van der Waals surface area contributed by atoms with Gasteiger partial charge in [-0.2, -0.15) is 0 Å². The van der Waals surface area contributed by atoms with Gasteiger partial charge >= 0.3 is 6.03 Å². The number of amides is 2. The topological polar surface area (TPSA) is 70.6 Å². The van der Waals surface area contributed by atoms with Crippen molar-refractivity contribution < 1.29 is 14.6 Å². The summed E-state index contributed by atoms with van der Waals surface area (Å²) in [4.78, 5) is 12.0. The summed E-state index contributed by atoms with van der Waals surface area (Å²) in [5.74, 6) is 0. The molecule has 1 rings (SSSR count). The Kier molecular flexibility index (Phi) is 7.35. The van der Waals surface area contributed by atoms with Crippen molar-refractivity contribution in [3.63, 3.8) is 0 Å². The molecule has 3 N–H and O–H groups in total. The Morgan fingerprint density at radius 3 is 2.77 bits per heavy atom. The summed E-state index contributed by atoms with van der Waals surface area (Å²) in [5, 5.41) is 15.1. The lowest BCUT2D eigenvalue weighted by Gasteiger charge is -2.26. The van der Waals surface area contributed by atoms with Gasteiger partial charge in [0.25, 0.3) is 0 Å². The minimum atomic E-state index is -0.380. The van der Waals surface area contributed by atoms with Crippen LogP contribution in [-0.4, -0.2) is 30.4 Å². The summed E-state index contributed by atoms with van der Waals surface area (Å²) in [7, 11) is 0. The van der Waals surface area contributed by atoms with E-state index in [0.717, 1.165) is 11.3 Å². The van der Waals surface area contributed by atoms with Crippen LogP contribution >= 0.6 is 0 Å². The lowest BCUT2D eigenvalue weighted by molar-refractivity contribution is 0.129. The molecule has 0 spiro atoms. The number of aliphatic hydroxyl groups excluding tert-OH is 1. The Hall–Kier alpha value is -1.59. The Morgan fingerprint density at radius 1 is 1.41 bits per heavy atom. The summed E-state index contributed by atoms with van der Waals surface area (Å²) in [6.45, 7) is 9.44. The first-order chi connectivity index (χ1) is 10.3. The molecule has 1 atom stereocenters. The Labute approximate surface area is 133 Å². The molecule has 124 valence electrons. The highest BCUT2D eigenvalue weighted by Gasteiger charge is 2.21. The van der Waals surface area contributed by atoms with E-state index in [1.165, 1.54) is 0 Å². The Bertz CT molecular complexity index is 473. The van der Waals surface area contributed by atoms with Crippen molar-refractivity contribution in [1.29, 1.82) is 0 Å². The van der Waals surface area contributed by atoms with Crippen LogP contribution in [0.1, 0.15) is 39.7 Å². The van der Waals surface area contributed by atoms with Crippen molar-refractivity contribution >= 4 is 11.7 Å². The van der Waals surface area contributed by atoms with Gasteiger partial charge in [0, 0.05) is 18.8 Å². The minimum Gasteiger partial charge on any atom is -0.393 e. The standard InChI is InChI=1S/C17H28N2O3/c1-5-22-11-14-7-6-8-15(9-14)19-16(21)18-12-17(3,4)10-13(2)20/h6-9,13,20H,5,10-12H2,1-4H3,(H2,18,19,21). The lowest BCUT2D eigenvalue weighted by atomic mass is 9.87. The van der Waals surface area contributed by atoms with Gasteiger partial charge in [0.1, 0.15) is 0 Å². The highest BCUT2D eigenvalue weighted by molar-refractivity contribution is 5.89. The molecule has 0 aromatic heterocycles. The number of aliphatic hydroxyl groups is 1. The lowest BCUT2D eigenvalue weighted by Crippen LogP contribution is -2.38. The maximum absolute atomic E-state index is 12.0. The van der Waals surface area contributed by atoms with E-state index in [1.807, 2.05) is 45.0 Å². The van der Waals surface area contributed by atoms with E-state index >= 15 is 0 Å². The van der Waals surface area contributed by atoms with Gasteiger partial charge in [-0.05, 0) is 43.4 Å². The van der Waals surface area contributed by atoms with Crippen molar-refractivity contribution in [3.8, 4) is 0 Å². The zero-order valence-electron chi connectivity index (χ0n) is 14.0. The third-order valence-electron chi connectivity index (χ3n) is 3.23. The molecule has 5 heteroatoms. The number of nitrogens with one attached hydrogen (secondary N) is 2. The van der Waals surface area contributed by atoms with Crippen LogP contribution < -0.4 is 10.6 Å². The zero-order valence-corrected chi connectivity index (χ0v) is 14.0. The molecule has 0 aliphatic rings. The first-order valence-corrected chi connectivity index (χ1v) is 7.72. The molecule has 22 heavy (non-hydrogen) atoms. The minimum absolute atomic E-state index is 0.150. The highest BCUT2D eigenvalue weighted by Crippen LogP contribution is 2.21. The molecule has 1 unspecified atom stereocenters. The maximum atomic E-state index is 12.0. The predicted molar refractivity (Wildman–Crippen MR) is 88.9 cm³/mol. The number of carbonyl (C=O) groups is 1. The van der Waals surface area contributed by atoms with Gasteiger partial charge in [0.15, 0.2) is 0 Å². The number of benzene rings is 1. The molecular weight excluding hydrogens is 280 g/mol. The molecule has 1 aromatic carbocycles. The highest BCUT2D eigenvalue weighted by atomic mass is 16.5. The predicted octanol–water partition coefficient (Wildman–Crippen LogP) is 3.14. The van der Waals surface area contributed by atoms with E-state index in [-0.39, 0.29) is 17.6 Å². The van der Waals surface area contributed by atoms with Gasteiger partial charge in [-0.1, -0.05) is 26.0 Å². The summed E-state index contributed by atoms with van der Waals surface area (Å²) >= 11 is 0. The number of urea groups is 1. The quantitative estimate of drug-likeness (QED) is 0.691. The molecule has 0 fully saturated rings. The van der Waals surface area contributed by atoms with Crippen molar-refractivity contribution in [3.05, 3.63) is 29.8 Å². The molecule has 1 aromatic rings. The third kappa shape index (κ3) is 7.43. The molecule has 0 bridgehead atoms. The van der Waals surface area contributed by atoms with E-state index in [4.69, 9.17) is 4.74 Å². The van der Waals surface area contributed by atoms with Gasteiger partial charge < -0.3 is 20.5 Å². The smallest absolute Gasteiger partial charge is 0.319 e. The third-order valence-corrected chi connectivity index (χ3v) is 3.23. The first-order valence-electron chi connectivity index (χ1n) is 7.72. The average Bonchev–Trinajstić information content (AvgIpc) is 2.42. The van der Waals surface area contributed by atoms with Crippen LogP contribution in [0.4, 0.5) is 10.5 Å². The number of hydrogen-bond acceptors (Lipinski definition) is 3. The molecule has 0 radical (unpaired) electrons. The van der Waals surface area contributed by atoms with Crippen LogP contribution in [0.2, 0.25) is 0 Å². The second kappa shape index (κ2) is 8.76. The van der Waals surface area contributed by atoms with Crippen LogP contribution in [0.25, 0.3) is 0 Å². The van der Waals surface area contributed by atoms with E-state index < -0.39 is 0 Å².